The van der Waals surface area contributed by atoms with Crippen molar-refractivity contribution in [1.82, 2.24) is 9.97 Å². The lowest BCUT2D eigenvalue weighted by molar-refractivity contribution is 0.0994. The lowest BCUT2D eigenvalue weighted by Gasteiger charge is -2.04. The van der Waals surface area contributed by atoms with Crippen LogP contribution in [0.1, 0.15) is 15.9 Å². The fourth-order valence-electron chi connectivity index (χ4n) is 2.10. The minimum Gasteiger partial charge on any atom is -0.294 e. The molecular formula is C16H11BrN2O. The van der Waals surface area contributed by atoms with Gasteiger partial charge in [0.15, 0.2) is 5.78 Å². The van der Waals surface area contributed by atoms with Crippen molar-refractivity contribution < 1.29 is 4.79 Å². The Labute approximate surface area is 124 Å². The molecule has 0 atom stereocenters. The van der Waals surface area contributed by atoms with Crippen LogP contribution in [0.4, 0.5) is 0 Å². The van der Waals surface area contributed by atoms with Crippen molar-refractivity contribution in [2.24, 2.45) is 0 Å². The molecule has 0 unspecified atom stereocenters. The first kappa shape index (κ1) is 12.9. The van der Waals surface area contributed by atoms with E-state index in [9.17, 15) is 4.79 Å². The van der Waals surface area contributed by atoms with Crippen LogP contribution in [0, 0.1) is 0 Å². The van der Waals surface area contributed by atoms with E-state index in [0.29, 0.717) is 17.5 Å². The van der Waals surface area contributed by atoms with Crippen molar-refractivity contribution in [3.8, 4) is 0 Å². The molecular weight excluding hydrogens is 316 g/mol. The molecule has 0 bridgehead atoms. The van der Waals surface area contributed by atoms with Crippen LogP contribution in [-0.4, -0.2) is 15.8 Å². The van der Waals surface area contributed by atoms with E-state index in [1.54, 1.807) is 18.5 Å². The van der Waals surface area contributed by atoms with Crippen LogP contribution in [-0.2, 0) is 6.42 Å². The van der Waals surface area contributed by atoms with E-state index >= 15 is 0 Å². The summed E-state index contributed by atoms with van der Waals surface area (Å²) in [5.41, 5.74) is 3.02. The van der Waals surface area contributed by atoms with Crippen molar-refractivity contribution in [3.63, 3.8) is 0 Å². The molecule has 1 heterocycles. The molecule has 0 aliphatic heterocycles. The Bertz CT molecular complexity index is 764. The summed E-state index contributed by atoms with van der Waals surface area (Å²) in [6.07, 6.45) is 3.60. The highest BCUT2D eigenvalue weighted by Gasteiger charge is 2.12. The van der Waals surface area contributed by atoms with Gasteiger partial charge < -0.3 is 0 Å². The van der Waals surface area contributed by atoms with E-state index in [-0.39, 0.29) is 5.78 Å². The molecule has 3 nitrogen and oxygen atoms in total. The number of rotatable bonds is 3. The average Bonchev–Trinajstić information content (AvgIpc) is 2.49. The fraction of sp³-hybridized carbons (Fsp3) is 0.0625. The van der Waals surface area contributed by atoms with Gasteiger partial charge in [-0.2, -0.15) is 0 Å². The van der Waals surface area contributed by atoms with Crippen LogP contribution in [0.15, 0.2) is 59.3 Å². The van der Waals surface area contributed by atoms with Crippen LogP contribution in [0.5, 0.6) is 0 Å². The van der Waals surface area contributed by atoms with Gasteiger partial charge in [-0.3, -0.25) is 14.8 Å². The minimum atomic E-state index is 0.0541. The predicted octanol–water partition coefficient (Wildman–Crippen LogP) is 3.82. The van der Waals surface area contributed by atoms with Crippen LogP contribution in [0.25, 0.3) is 11.0 Å². The number of nitrogens with zero attached hydrogens (tertiary/aromatic N) is 2. The van der Waals surface area contributed by atoms with Crippen molar-refractivity contribution in [2.75, 3.05) is 0 Å². The van der Waals surface area contributed by atoms with Gasteiger partial charge in [0.1, 0.15) is 0 Å². The third-order valence-corrected chi connectivity index (χ3v) is 3.61. The molecule has 3 rings (SSSR count). The fourth-order valence-corrected chi connectivity index (χ4v) is 2.36. The summed E-state index contributed by atoms with van der Waals surface area (Å²) >= 11 is 3.39. The number of aromatic nitrogens is 2. The lowest BCUT2D eigenvalue weighted by Crippen LogP contribution is -2.05. The zero-order chi connectivity index (χ0) is 13.9. The smallest absolute Gasteiger partial charge is 0.169 e. The second-order valence-corrected chi connectivity index (χ2v) is 5.37. The van der Waals surface area contributed by atoms with Gasteiger partial charge in [0.2, 0.25) is 0 Å². The Kier molecular flexibility index (Phi) is 3.56. The van der Waals surface area contributed by atoms with Gasteiger partial charge in [0, 0.05) is 28.9 Å². The molecule has 4 heteroatoms. The van der Waals surface area contributed by atoms with Gasteiger partial charge in [-0.25, -0.2) is 0 Å². The second kappa shape index (κ2) is 5.51. The molecule has 2 aromatic carbocycles. The van der Waals surface area contributed by atoms with Gasteiger partial charge in [0.25, 0.3) is 0 Å². The van der Waals surface area contributed by atoms with Gasteiger partial charge in [-0.15, -0.1) is 0 Å². The standard InChI is InChI=1S/C16H11BrN2O/c17-12-6-4-11(5-7-12)10-15(20)13-2-1-3-14-16(13)19-9-8-18-14/h1-9H,10H2. The maximum Gasteiger partial charge on any atom is 0.169 e. The minimum absolute atomic E-state index is 0.0541. The number of ketones is 1. The first-order valence-corrected chi connectivity index (χ1v) is 7.01. The topological polar surface area (TPSA) is 42.9 Å². The van der Waals surface area contributed by atoms with Crippen LogP contribution in [0.3, 0.4) is 0 Å². The second-order valence-electron chi connectivity index (χ2n) is 4.46. The molecule has 3 aromatic rings. The number of para-hydroxylation sites is 1. The van der Waals surface area contributed by atoms with Gasteiger partial charge in [-0.1, -0.05) is 34.1 Å². The first-order chi connectivity index (χ1) is 9.74. The molecule has 20 heavy (non-hydrogen) atoms. The van der Waals surface area contributed by atoms with Crippen molar-refractivity contribution in [2.45, 2.75) is 6.42 Å². The number of hydrogen-bond acceptors (Lipinski definition) is 3. The molecule has 0 amide bonds. The van der Waals surface area contributed by atoms with Crippen LogP contribution in [0.2, 0.25) is 0 Å². The Hall–Kier alpha value is -2.07. The highest BCUT2D eigenvalue weighted by atomic mass is 79.9. The zero-order valence-corrected chi connectivity index (χ0v) is 12.2. The Balaban J connectivity index is 1.94. The van der Waals surface area contributed by atoms with Crippen LogP contribution < -0.4 is 0 Å². The molecule has 0 fully saturated rings. The lowest BCUT2D eigenvalue weighted by atomic mass is 10.0. The van der Waals surface area contributed by atoms with E-state index in [0.717, 1.165) is 15.6 Å². The normalized spacial score (nSPS) is 10.7. The van der Waals surface area contributed by atoms with E-state index in [1.165, 1.54) is 0 Å². The number of benzene rings is 2. The predicted molar refractivity (Wildman–Crippen MR) is 81.7 cm³/mol. The summed E-state index contributed by atoms with van der Waals surface area (Å²) in [5.74, 6) is 0.0541. The number of hydrogen-bond donors (Lipinski definition) is 0. The third-order valence-electron chi connectivity index (χ3n) is 3.08. The molecule has 0 saturated carbocycles. The van der Waals surface area contributed by atoms with Crippen molar-refractivity contribution >= 4 is 32.7 Å². The SMILES string of the molecule is O=C(Cc1ccc(Br)cc1)c1cccc2nccnc12. The summed E-state index contributed by atoms with van der Waals surface area (Å²) in [6, 6.07) is 13.3. The molecule has 0 saturated heterocycles. The van der Waals surface area contributed by atoms with Gasteiger partial charge >= 0.3 is 0 Å². The highest BCUT2D eigenvalue weighted by molar-refractivity contribution is 9.10. The number of halogens is 1. The molecule has 0 radical (unpaired) electrons. The molecule has 0 aliphatic carbocycles. The monoisotopic (exact) mass is 326 g/mol. The zero-order valence-electron chi connectivity index (χ0n) is 10.6. The van der Waals surface area contributed by atoms with E-state index in [4.69, 9.17) is 0 Å². The first-order valence-electron chi connectivity index (χ1n) is 6.21. The Morgan fingerprint density at radius 2 is 1.75 bits per heavy atom. The van der Waals surface area contributed by atoms with E-state index < -0.39 is 0 Å². The van der Waals surface area contributed by atoms with Gasteiger partial charge in [0.05, 0.1) is 11.0 Å². The quantitative estimate of drug-likeness (QED) is 0.687. The number of carbonyl (C=O) groups is 1. The van der Waals surface area contributed by atoms with Crippen molar-refractivity contribution in [1.29, 1.82) is 0 Å². The molecule has 0 aliphatic rings. The highest BCUT2D eigenvalue weighted by Crippen LogP contribution is 2.17. The molecule has 1 aromatic heterocycles. The molecule has 0 spiro atoms. The van der Waals surface area contributed by atoms with E-state index in [1.807, 2.05) is 36.4 Å². The summed E-state index contributed by atoms with van der Waals surface area (Å²) < 4.78 is 1.00. The summed E-state index contributed by atoms with van der Waals surface area (Å²) in [7, 11) is 0. The van der Waals surface area contributed by atoms with Gasteiger partial charge in [-0.05, 0) is 29.8 Å². The third kappa shape index (κ3) is 2.60. The number of fused-ring (bicyclic) bond motifs is 1. The molecule has 0 N–H and O–H groups in total. The number of carbonyl (C=O) groups excluding carboxylic acids is 1. The maximum atomic E-state index is 12.4. The Morgan fingerprint density at radius 3 is 2.55 bits per heavy atom. The molecule has 98 valence electrons. The summed E-state index contributed by atoms with van der Waals surface area (Å²) in [4.78, 5) is 20.9. The van der Waals surface area contributed by atoms with Crippen LogP contribution >= 0.6 is 15.9 Å². The van der Waals surface area contributed by atoms with Crippen molar-refractivity contribution in [3.05, 3.63) is 70.5 Å². The summed E-state index contributed by atoms with van der Waals surface area (Å²) in [6.45, 7) is 0. The van der Waals surface area contributed by atoms with E-state index in [2.05, 4.69) is 25.9 Å². The maximum absolute atomic E-state index is 12.4. The summed E-state index contributed by atoms with van der Waals surface area (Å²) in [5, 5.41) is 0. The number of Topliss-reactive ketones (excluding diaryl/α,β-unsaturated/α-hetero) is 1. The Morgan fingerprint density at radius 1 is 1.00 bits per heavy atom. The largest absolute Gasteiger partial charge is 0.294 e. The average molecular weight is 327 g/mol.